The summed E-state index contributed by atoms with van der Waals surface area (Å²) in [5, 5.41) is 3.92. The summed E-state index contributed by atoms with van der Waals surface area (Å²) in [6, 6.07) is 0. The van der Waals surface area contributed by atoms with Gasteiger partial charge in [0.15, 0.2) is 0 Å². The van der Waals surface area contributed by atoms with Crippen LogP contribution in [0.4, 0.5) is 0 Å². The number of esters is 2. The third kappa shape index (κ3) is 5.17. The summed E-state index contributed by atoms with van der Waals surface area (Å²) in [4.78, 5) is 28.7. The van der Waals surface area contributed by atoms with E-state index in [0.717, 1.165) is 88.3 Å². The third-order valence-electron chi connectivity index (χ3n) is 12.9. The van der Waals surface area contributed by atoms with Crippen LogP contribution in [0.2, 0.25) is 0 Å². The first-order valence-corrected chi connectivity index (χ1v) is 17.7. The molecule has 0 atom stereocenters. The normalized spacial score (nSPS) is 11.6. The van der Waals surface area contributed by atoms with E-state index in [0.29, 0.717) is 22.6 Å². The molecule has 0 N–H and O–H groups in total. The molecule has 0 heterocycles. The minimum absolute atomic E-state index is 0.373. The largest absolute Gasteiger partial charge is 0.422 e. The van der Waals surface area contributed by atoms with Gasteiger partial charge in [-0.1, -0.05) is 0 Å². The van der Waals surface area contributed by atoms with E-state index in [2.05, 4.69) is 83.1 Å². The Labute approximate surface area is 299 Å². The van der Waals surface area contributed by atoms with Gasteiger partial charge < -0.3 is 9.47 Å². The Morgan fingerprint density at radius 3 is 0.740 bits per heavy atom. The molecule has 0 aromatic heterocycles. The number of hydrogen-bond donors (Lipinski definition) is 0. The quantitative estimate of drug-likeness (QED) is 0.108. The van der Waals surface area contributed by atoms with Gasteiger partial charge in [-0.15, -0.1) is 0 Å². The standard InChI is InChI=1S/C46H54O4/c1-19-21(3)29(11)39(30(12)22(19)4)45(47)49-43-33(15)34(16)44(50-46(48)40-31(13)23(5)20(2)24(6)32(40)14)42-36(18)38-28(10)26(8)25(7)27(9)37(38)35(17)41(42)43/h1-18H3. The zero-order valence-corrected chi connectivity index (χ0v) is 33.6. The molecule has 0 bridgehead atoms. The average Bonchev–Trinajstić information content (AvgIpc) is 3.07. The Bertz CT molecular complexity index is 2140. The number of rotatable bonds is 4. The van der Waals surface area contributed by atoms with E-state index in [1.807, 2.05) is 41.5 Å². The van der Waals surface area contributed by atoms with E-state index in [9.17, 15) is 9.59 Å². The molecular formula is C46H54O4. The third-order valence-corrected chi connectivity index (χ3v) is 12.9. The molecule has 0 radical (unpaired) electrons. The minimum atomic E-state index is -0.373. The SMILES string of the molecule is Cc1c(C)c(C)c(C(=O)Oc2c(C)c(C)c(OC(=O)c3c(C)c(C)c(C)c(C)c3C)c3c(C)c4c(C)c(C)c(C)c(C)c4c(C)c23)c(C)c1C. The molecule has 0 saturated heterocycles. The summed E-state index contributed by atoms with van der Waals surface area (Å²) in [5.74, 6) is 0.289. The van der Waals surface area contributed by atoms with E-state index < -0.39 is 0 Å². The van der Waals surface area contributed by atoms with Gasteiger partial charge in [0.05, 0.1) is 11.1 Å². The summed E-state index contributed by atoms with van der Waals surface area (Å²) in [6.07, 6.45) is 0. The van der Waals surface area contributed by atoms with Crippen molar-refractivity contribution in [3.8, 4) is 11.5 Å². The van der Waals surface area contributed by atoms with Crippen molar-refractivity contribution in [3.05, 3.63) is 111 Å². The zero-order valence-electron chi connectivity index (χ0n) is 33.6. The monoisotopic (exact) mass is 670 g/mol. The van der Waals surface area contributed by atoms with Gasteiger partial charge in [0.25, 0.3) is 0 Å². The van der Waals surface area contributed by atoms with E-state index in [4.69, 9.17) is 9.47 Å². The van der Waals surface area contributed by atoms with Gasteiger partial charge in [-0.2, -0.15) is 0 Å². The molecule has 5 aromatic carbocycles. The molecule has 0 aliphatic carbocycles. The molecule has 0 spiro atoms. The maximum atomic E-state index is 14.4. The van der Waals surface area contributed by atoms with Crippen molar-refractivity contribution in [1.29, 1.82) is 0 Å². The smallest absolute Gasteiger partial charge is 0.344 e. The molecule has 0 fully saturated rings. The fraction of sp³-hybridized carbons (Fsp3) is 0.391. The lowest BCUT2D eigenvalue weighted by molar-refractivity contribution is 0.0719. The van der Waals surface area contributed by atoms with Crippen LogP contribution in [0.3, 0.4) is 0 Å². The molecule has 50 heavy (non-hydrogen) atoms. The molecule has 4 heteroatoms. The predicted molar refractivity (Wildman–Crippen MR) is 210 cm³/mol. The number of benzene rings is 5. The van der Waals surface area contributed by atoms with Crippen molar-refractivity contribution >= 4 is 33.5 Å². The summed E-state index contributed by atoms with van der Waals surface area (Å²) in [6.45, 7) is 37.3. The molecule has 0 saturated carbocycles. The van der Waals surface area contributed by atoms with Crippen molar-refractivity contribution in [2.75, 3.05) is 0 Å². The van der Waals surface area contributed by atoms with Gasteiger partial charge in [0, 0.05) is 10.8 Å². The van der Waals surface area contributed by atoms with Crippen molar-refractivity contribution in [2.45, 2.75) is 125 Å². The first-order chi connectivity index (χ1) is 23.2. The lowest BCUT2D eigenvalue weighted by atomic mass is 9.82. The van der Waals surface area contributed by atoms with Crippen LogP contribution in [0.15, 0.2) is 0 Å². The highest BCUT2D eigenvalue weighted by Crippen LogP contribution is 2.49. The Morgan fingerprint density at radius 1 is 0.260 bits per heavy atom. The number of ether oxygens (including phenoxy) is 2. The molecular weight excluding hydrogens is 617 g/mol. The van der Waals surface area contributed by atoms with Gasteiger partial charge in [-0.3, -0.25) is 0 Å². The lowest BCUT2D eigenvalue weighted by Crippen LogP contribution is -2.18. The van der Waals surface area contributed by atoms with Crippen molar-refractivity contribution in [1.82, 2.24) is 0 Å². The number of hydrogen-bond acceptors (Lipinski definition) is 4. The van der Waals surface area contributed by atoms with E-state index in [1.54, 1.807) is 0 Å². The van der Waals surface area contributed by atoms with Crippen LogP contribution in [0.1, 0.15) is 121 Å². The molecule has 0 unspecified atom stereocenters. The van der Waals surface area contributed by atoms with Crippen LogP contribution in [0.25, 0.3) is 21.5 Å². The molecule has 4 nitrogen and oxygen atoms in total. The minimum Gasteiger partial charge on any atom is -0.422 e. The van der Waals surface area contributed by atoms with E-state index >= 15 is 0 Å². The predicted octanol–water partition coefficient (Wildman–Crippen LogP) is 12.0. The first-order valence-electron chi connectivity index (χ1n) is 17.7. The van der Waals surface area contributed by atoms with Crippen molar-refractivity contribution in [2.24, 2.45) is 0 Å². The fourth-order valence-electron chi connectivity index (χ4n) is 8.31. The summed E-state index contributed by atoms with van der Waals surface area (Å²) in [7, 11) is 0. The van der Waals surface area contributed by atoms with E-state index in [-0.39, 0.29) is 11.9 Å². The Hall–Kier alpha value is -4.44. The van der Waals surface area contributed by atoms with Crippen LogP contribution in [0, 0.1) is 125 Å². The molecule has 0 aliphatic rings. The number of fused-ring (bicyclic) bond motifs is 2. The molecule has 0 aliphatic heterocycles. The average molecular weight is 671 g/mol. The molecule has 0 amide bonds. The van der Waals surface area contributed by atoms with Gasteiger partial charge in [-0.25, -0.2) is 9.59 Å². The summed E-state index contributed by atoms with van der Waals surface area (Å²) in [5.41, 5.74) is 20.2. The molecule has 262 valence electrons. The maximum Gasteiger partial charge on any atom is 0.344 e. The van der Waals surface area contributed by atoms with Gasteiger partial charge in [-0.05, 0) is 236 Å². The fourth-order valence-corrected chi connectivity index (χ4v) is 8.31. The first kappa shape index (κ1) is 36.8. The van der Waals surface area contributed by atoms with Crippen LogP contribution in [0.5, 0.6) is 11.5 Å². The van der Waals surface area contributed by atoms with Crippen LogP contribution < -0.4 is 9.47 Å². The van der Waals surface area contributed by atoms with Crippen LogP contribution >= 0.6 is 0 Å². The Morgan fingerprint density at radius 2 is 0.480 bits per heavy atom. The highest BCUT2D eigenvalue weighted by molar-refractivity contribution is 6.15. The van der Waals surface area contributed by atoms with Crippen molar-refractivity contribution in [3.63, 3.8) is 0 Å². The van der Waals surface area contributed by atoms with Crippen LogP contribution in [-0.2, 0) is 0 Å². The van der Waals surface area contributed by atoms with Gasteiger partial charge in [0.1, 0.15) is 11.5 Å². The second-order valence-electron chi connectivity index (χ2n) is 14.9. The van der Waals surface area contributed by atoms with Crippen LogP contribution in [-0.4, -0.2) is 11.9 Å². The maximum absolute atomic E-state index is 14.4. The van der Waals surface area contributed by atoms with E-state index in [1.165, 1.54) is 33.4 Å². The zero-order chi connectivity index (χ0) is 37.6. The lowest BCUT2D eigenvalue weighted by Gasteiger charge is -2.26. The highest BCUT2D eigenvalue weighted by atomic mass is 16.5. The van der Waals surface area contributed by atoms with Gasteiger partial charge in [0.2, 0.25) is 0 Å². The highest BCUT2D eigenvalue weighted by Gasteiger charge is 2.30. The molecule has 5 rings (SSSR count). The second-order valence-corrected chi connectivity index (χ2v) is 14.9. The van der Waals surface area contributed by atoms with Crippen molar-refractivity contribution < 1.29 is 19.1 Å². The summed E-state index contributed by atoms with van der Waals surface area (Å²) >= 11 is 0. The summed E-state index contributed by atoms with van der Waals surface area (Å²) < 4.78 is 13.2. The number of aryl methyl sites for hydroxylation is 4. The number of carbonyl (C=O) groups is 2. The topological polar surface area (TPSA) is 52.6 Å². The second kappa shape index (κ2) is 12.7. The Balaban J connectivity index is 1.91. The van der Waals surface area contributed by atoms with Gasteiger partial charge >= 0.3 is 11.9 Å². The molecule has 5 aromatic rings. The number of carbonyl (C=O) groups excluding carboxylic acids is 2. The Kier molecular flexibility index (Phi) is 9.36.